The van der Waals surface area contributed by atoms with Crippen molar-refractivity contribution < 1.29 is 14.9 Å². The smallest absolute Gasteiger partial charge is 0.165 e. The Morgan fingerprint density at radius 2 is 1.81 bits per heavy atom. The largest absolute Gasteiger partial charge is 0.504 e. The Bertz CT molecular complexity index is 450. The Kier molecular flexibility index (Phi) is 2.55. The molecule has 0 spiro atoms. The van der Waals surface area contributed by atoms with Gasteiger partial charge in [0.25, 0.3) is 0 Å². The molecule has 0 bridgehead atoms. The van der Waals surface area contributed by atoms with Crippen LogP contribution in [0.2, 0.25) is 5.02 Å². The minimum atomic E-state index is -0.918. The van der Waals surface area contributed by atoms with Crippen LogP contribution in [-0.4, -0.2) is 17.3 Å². The molecule has 88 valence electrons. The number of halogens is 1. The lowest BCUT2D eigenvalue weighted by molar-refractivity contribution is 0.146. The molecule has 1 aromatic carbocycles. The maximum absolute atomic E-state index is 10.1. The fraction of sp³-hybridized carbons (Fsp3) is 0.500. The average Bonchev–Trinajstić information content (AvgIpc) is 2.95. The molecule has 1 aromatic rings. The van der Waals surface area contributed by atoms with Crippen molar-refractivity contribution in [2.75, 3.05) is 7.11 Å². The van der Waals surface area contributed by atoms with Crippen LogP contribution in [0.4, 0.5) is 0 Å². The molecule has 0 aliphatic heterocycles. The molecule has 0 unspecified atom stereocenters. The standard InChI is InChI=1S/C12H15ClO3/c1-6-8(12(15)4-5-12)10(14)11(16-3)7(2)9(6)13/h14-15H,4-5H2,1-3H3. The van der Waals surface area contributed by atoms with Crippen LogP contribution in [0.15, 0.2) is 0 Å². The summed E-state index contributed by atoms with van der Waals surface area (Å²) in [6.07, 6.45) is 1.31. The molecular weight excluding hydrogens is 228 g/mol. The maximum Gasteiger partial charge on any atom is 0.165 e. The third-order valence-corrected chi connectivity index (χ3v) is 3.79. The Labute approximate surface area is 99.6 Å². The van der Waals surface area contributed by atoms with Gasteiger partial charge in [-0.3, -0.25) is 0 Å². The lowest BCUT2D eigenvalue weighted by Crippen LogP contribution is -2.09. The predicted octanol–water partition coefficient (Wildman–Crippen LogP) is 2.65. The van der Waals surface area contributed by atoms with Gasteiger partial charge in [0, 0.05) is 11.1 Å². The summed E-state index contributed by atoms with van der Waals surface area (Å²) in [4.78, 5) is 0. The Morgan fingerprint density at radius 1 is 1.25 bits per heavy atom. The summed E-state index contributed by atoms with van der Waals surface area (Å²) in [6.45, 7) is 3.59. The third kappa shape index (κ3) is 1.46. The van der Waals surface area contributed by atoms with Gasteiger partial charge in [0.2, 0.25) is 0 Å². The zero-order valence-electron chi connectivity index (χ0n) is 9.59. The van der Waals surface area contributed by atoms with Crippen molar-refractivity contribution in [1.82, 2.24) is 0 Å². The summed E-state index contributed by atoms with van der Waals surface area (Å²) in [5.74, 6) is 0.368. The number of methoxy groups -OCH3 is 1. The first-order valence-corrected chi connectivity index (χ1v) is 5.58. The number of ether oxygens (including phenoxy) is 1. The van der Waals surface area contributed by atoms with Crippen molar-refractivity contribution in [2.24, 2.45) is 0 Å². The number of hydrogen-bond acceptors (Lipinski definition) is 3. The van der Waals surface area contributed by atoms with Crippen LogP contribution in [0.3, 0.4) is 0 Å². The quantitative estimate of drug-likeness (QED) is 0.838. The second-order valence-electron chi connectivity index (χ2n) is 4.35. The summed E-state index contributed by atoms with van der Waals surface area (Å²) in [5, 5.41) is 20.8. The minimum Gasteiger partial charge on any atom is -0.504 e. The number of aromatic hydroxyl groups is 1. The number of phenols is 1. The maximum atomic E-state index is 10.1. The lowest BCUT2D eigenvalue weighted by atomic mass is 9.97. The molecule has 1 aliphatic carbocycles. The topological polar surface area (TPSA) is 49.7 Å². The number of rotatable bonds is 2. The highest BCUT2D eigenvalue weighted by molar-refractivity contribution is 6.32. The minimum absolute atomic E-state index is 0.0156. The van der Waals surface area contributed by atoms with Crippen molar-refractivity contribution in [3.8, 4) is 11.5 Å². The van der Waals surface area contributed by atoms with E-state index in [4.69, 9.17) is 16.3 Å². The van der Waals surface area contributed by atoms with E-state index in [2.05, 4.69) is 0 Å². The van der Waals surface area contributed by atoms with Gasteiger partial charge in [0.1, 0.15) is 0 Å². The van der Waals surface area contributed by atoms with Gasteiger partial charge < -0.3 is 14.9 Å². The first-order chi connectivity index (χ1) is 7.42. The van der Waals surface area contributed by atoms with E-state index in [1.165, 1.54) is 7.11 Å². The Hall–Kier alpha value is -0.930. The van der Waals surface area contributed by atoms with Gasteiger partial charge in [-0.1, -0.05) is 11.6 Å². The summed E-state index contributed by atoms with van der Waals surface area (Å²) in [5.41, 5.74) is 1.03. The molecule has 1 saturated carbocycles. The zero-order valence-corrected chi connectivity index (χ0v) is 10.4. The van der Waals surface area contributed by atoms with Crippen molar-refractivity contribution in [2.45, 2.75) is 32.3 Å². The molecule has 0 heterocycles. The second kappa shape index (κ2) is 3.54. The molecule has 0 amide bonds. The number of hydrogen-bond donors (Lipinski definition) is 2. The highest BCUT2D eigenvalue weighted by Gasteiger charge is 2.46. The molecule has 0 saturated heterocycles. The predicted molar refractivity (Wildman–Crippen MR) is 62.3 cm³/mol. The number of phenolic OH excluding ortho intramolecular Hbond substituents is 1. The molecule has 3 nitrogen and oxygen atoms in total. The van der Waals surface area contributed by atoms with Gasteiger partial charge in [0.15, 0.2) is 11.5 Å². The molecular formula is C12H15ClO3. The average molecular weight is 243 g/mol. The highest BCUT2D eigenvalue weighted by Crippen LogP contribution is 2.54. The van der Waals surface area contributed by atoms with E-state index < -0.39 is 5.60 Å². The van der Waals surface area contributed by atoms with Crippen molar-refractivity contribution >= 4 is 11.6 Å². The van der Waals surface area contributed by atoms with Crippen molar-refractivity contribution in [3.05, 3.63) is 21.7 Å². The molecule has 1 fully saturated rings. The van der Waals surface area contributed by atoms with Crippen LogP contribution in [0.1, 0.15) is 29.5 Å². The second-order valence-corrected chi connectivity index (χ2v) is 4.73. The van der Waals surface area contributed by atoms with E-state index in [1.54, 1.807) is 13.8 Å². The monoisotopic (exact) mass is 242 g/mol. The molecule has 0 atom stereocenters. The number of benzene rings is 1. The van der Waals surface area contributed by atoms with Crippen LogP contribution in [0.5, 0.6) is 11.5 Å². The highest BCUT2D eigenvalue weighted by atomic mass is 35.5. The van der Waals surface area contributed by atoms with Gasteiger partial charge in [-0.05, 0) is 32.3 Å². The van der Waals surface area contributed by atoms with Gasteiger partial charge in [-0.25, -0.2) is 0 Å². The van der Waals surface area contributed by atoms with Gasteiger partial charge in [-0.2, -0.15) is 0 Å². The van der Waals surface area contributed by atoms with E-state index in [0.29, 0.717) is 34.7 Å². The Balaban J connectivity index is 2.74. The molecule has 2 rings (SSSR count). The zero-order chi connectivity index (χ0) is 12.1. The van der Waals surface area contributed by atoms with Crippen LogP contribution < -0.4 is 4.74 Å². The molecule has 1 aliphatic rings. The van der Waals surface area contributed by atoms with Gasteiger partial charge >= 0.3 is 0 Å². The summed E-state index contributed by atoms with van der Waals surface area (Å²) in [6, 6.07) is 0. The number of aliphatic hydroxyl groups is 1. The van der Waals surface area contributed by atoms with E-state index in [-0.39, 0.29) is 5.75 Å². The third-order valence-electron chi connectivity index (χ3n) is 3.22. The molecule has 0 aromatic heterocycles. The van der Waals surface area contributed by atoms with E-state index in [9.17, 15) is 10.2 Å². The lowest BCUT2D eigenvalue weighted by Gasteiger charge is -2.20. The normalized spacial score (nSPS) is 17.3. The van der Waals surface area contributed by atoms with E-state index in [1.807, 2.05) is 0 Å². The van der Waals surface area contributed by atoms with Crippen molar-refractivity contribution in [1.29, 1.82) is 0 Å². The van der Waals surface area contributed by atoms with Crippen LogP contribution >= 0.6 is 11.6 Å². The summed E-state index contributed by atoms with van der Waals surface area (Å²) < 4.78 is 5.13. The molecule has 16 heavy (non-hydrogen) atoms. The molecule has 0 radical (unpaired) electrons. The van der Waals surface area contributed by atoms with E-state index >= 15 is 0 Å². The summed E-state index contributed by atoms with van der Waals surface area (Å²) in [7, 11) is 1.48. The molecule has 2 N–H and O–H groups in total. The van der Waals surface area contributed by atoms with Crippen LogP contribution in [0.25, 0.3) is 0 Å². The van der Waals surface area contributed by atoms with Gasteiger partial charge in [-0.15, -0.1) is 0 Å². The van der Waals surface area contributed by atoms with E-state index in [0.717, 1.165) is 5.56 Å². The van der Waals surface area contributed by atoms with Crippen LogP contribution in [-0.2, 0) is 5.60 Å². The summed E-state index contributed by atoms with van der Waals surface area (Å²) >= 11 is 6.17. The van der Waals surface area contributed by atoms with Crippen LogP contribution in [0, 0.1) is 13.8 Å². The Morgan fingerprint density at radius 3 is 2.25 bits per heavy atom. The van der Waals surface area contributed by atoms with Gasteiger partial charge in [0.05, 0.1) is 17.7 Å². The van der Waals surface area contributed by atoms with Crippen molar-refractivity contribution in [3.63, 3.8) is 0 Å². The molecule has 4 heteroatoms. The first-order valence-electron chi connectivity index (χ1n) is 5.21. The SMILES string of the molecule is COc1c(C)c(Cl)c(C)c(C2(O)CC2)c1O. The first kappa shape index (κ1) is 11.6. The fourth-order valence-electron chi connectivity index (χ4n) is 2.15. The fourth-order valence-corrected chi connectivity index (χ4v) is 2.33.